The SMILES string of the molecule is COc1cc2c(cc1OC)-c1c(oc3c(CC=C(C)C)c(O)cc(O)c3c1=O)C(OC)O2. The minimum atomic E-state index is -1.02. The molecule has 0 amide bonds. The van der Waals surface area contributed by atoms with Crippen LogP contribution in [0.4, 0.5) is 0 Å². The molecule has 0 aliphatic carbocycles. The Bertz CT molecular complexity index is 1300. The van der Waals surface area contributed by atoms with Crippen molar-refractivity contribution in [3.63, 3.8) is 0 Å². The molecular formula is C24H24O8. The van der Waals surface area contributed by atoms with Crippen LogP contribution in [0, 0.1) is 0 Å². The van der Waals surface area contributed by atoms with Gasteiger partial charge in [-0.25, -0.2) is 0 Å². The number of fused-ring (bicyclic) bond motifs is 4. The quantitative estimate of drug-likeness (QED) is 0.561. The Morgan fingerprint density at radius 1 is 1.06 bits per heavy atom. The van der Waals surface area contributed by atoms with Crippen molar-refractivity contribution in [2.24, 2.45) is 0 Å². The number of hydrogen-bond acceptors (Lipinski definition) is 8. The lowest BCUT2D eigenvalue weighted by Gasteiger charge is -2.27. The third-order valence-electron chi connectivity index (χ3n) is 5.38. The Labute approximate surface area is 184 Å². The Balaban J connectivity index is 2.10. The van der Waals surface area contributed by atoms with E-state index < -0.39 is 11.7 Å². The molecule has 0 bridgehead atoms. The third kappa shape index (κ3) is 3.33. The molecule has 0 fully saturated rings. The highest BCUT2D eigenvalue weighted by Gasteiger charge is 2.34. The molecule has 1 aliphatic heterocycles. The van der Waals surface area contributed by atoms with Crippen LogP contribution in [0.1, 0.15) is 31.5 Å². The zero-order chi connectivity index (χ0) is 23.2. The fourth-order valence-electron chi connectivity index (χ4n) is 3.80. The molecule has 8 nitrogen and oxygen atoms in total. The van der Waals surface area contributed by atoms with Crippen molar-refractivity contribution in [1.29, 1.82) is 0 Å². The first-order valence-electron chi connectivity index (χ1n) is 9.94. The van der Waals surface area contributed by atoms with Gasteiger partial charge in [-0.2, -0.15) is 0 Å². The fraction of sp³-hybridized carbons (Fsp3) is 0.292. The van der Waals surface area contributed by atoms with Gasteiger partial charge in [-0.3, -0.25) is 4.79 Å². The molecule has 2 heterocycles. The molecule has 1 unspecified atom stereocenters. The van der Waals surface area contributed by atoms with E-state index in [0.29, 0.717) is 34.8 Å². The minimum Gasteiger partial charge on any atom is -0.507 e. The lowest BCUT2D eigenvalue weighted by Crippen LogP contribution is -2.21. The van der Waals surface area contributed by atoms with Gasteiger partial charge in [0.05, 0.1) is 19.8 Å². The number of allylic oxidation sites excluding steroid dienone is 2. The minimum absolute atomic E-state index is 0.0313. The Morgan fingerprint density at radius 2 is 1.75 bits per heavy atom. The molecule has 2 N–H and O–H groups in total. The normalized spacial score (nSPS) is 14.3. The van der Waals surface area contributed by atoms with Crippen LogP contribution in [-0.2, 0) is 11.2 Å². The van der Waals surface area contributed by atoms with Crippen LogP contribution in [0.25, 0.3) is 22.1 Å². The number of ether oxygens (including phenoxy) is 4. The van der Waals surface area contributed by atoms with Crippen molar-refractivity contribution in [3.8, 4) is 39.9 Å². The third-order valence-corrected chi connectivity index (χ3v) is 5.38. The molecule has 0 spiro atoms. The van der Waals surface area contributed by atoms with E-state index in [4.69, 9.17) is 23.4 Å². The van der Waals surface area contributed by atoms with E-state index in [-0.39, 0.29) is 33.8 Å². The summed E-state index contributed by atoms with van der Waals surface area (Å²) in [5.41, 5.74) is 1.61. The molecule has 0 radical (unpaired) electrons. The summed E-state index contributed by atoms with van der Waals surface area (Å²) in [5, 5.41) is 21.0. The van der Waals surface area contributed by atoms with Gasteiger partial charge in [-0.15, -0.1) is 0 Å². The number of hydrogen-bond donors (Lipinski definition) is 2. The van der Waals surface area contributed by atoms with Gasteiger partial charge in [-0.1, -0.05) is 11.6 Å². The number of methoxy groups -OCH3 is 3. The fourth-order valence-corrected chi connectivity index (χ4v) is 3.80. The Morgan fingerprint density at radius 3 is 2.38 bits per heavy atom. The van der Waals surface area contributed by atoms with Gasteiger partial charge in [0, 0.05) is 30.4 Å². The number of phenolic OH excluding ortho intramolecular Hbond substituents is 2. The van der Waals surface area contributed by atoms with E-state index >= 15 is 0 Å². The first kappa shape index (κ1) is 21.6. The zero-order valence-electron chi connectivity index (χ0n) is 18.4. The molecule has 2 aromatic carbocycles. The summed E-state index contributed by atoms with van der Waals surface area (Å²) in [6.45, 7) is 3.84. The summed E-state index contributed by atoms with van der Waals surface area (Å²) < 4.78 is 28.2. The highest BCUT2D eigenvalue weighted by Crippen LogP contribution is 2.48. The van der Waals surface area contributed by atoms with Crippen LogP contribution < -0.4 is 19.6 Å². The van der Waals surface area contributed by atoms with E-state index in [1.54, 1.807) is 12.1 Å². The van der Waals surface area contributed by atoms with Gasteiger partial charge >= 0.3 is 0 Å². The summed E-state index contributed by atoms with van der Waals surface area (Å²) in [6.07, 6.45) is 1.18. The molecule has 1 aromatic heterocycles. The summed E-state index contributed by atoms with van der Waals surface area (Å²) in [6, 6.07) is 4.37. The average molecular weight is 440 g/mol. The van der Waals surface area contributed by atoms with Crippen LogP contribution in [0.3, 0.4) is 0 Å². The second-order valence-corrected chi connectivity index (χ2v) is 7.64. The smallest absolute Gasteiger partial charge is 0.259 e. The summed E-state index contributed by atoms with van der Waals surface area (Å²) in [5.74, 6) is 0.747. The first-order chi connectivity index (χ1) is 15.3. The molecule has 1 atom stereocenters. The van der Waals surface area contributed by atoms with Gasteiger partial charge in [0.2, 0.25) is 5.43 Å². The van der Waals surface area contributed by atoms with Crippen LogP contribution in [-0.4, -0.2) is 31.5 Å². The maximum Gasteiger partial charge on any atom is 0.259 e. The second-order valence-electron chi connectivity index (χ2n) is 7.64. The standard InChI is InChI=1S/C24H24O8/c1-11(2)6-7-12-14(25)9-15(26)20-21(27)19-13-8-17(28-3)18(29-4)10-16(13)31-24(30-5)23(19)32-22(12)20/h6,8-10,24-26H,7H2,1-5H3. The molecule has 32 heavy (non-hydrogen) atoms. The number of benzene rings is 2. The van der Waals surface area contributed by atoms with E-state index in [1.807, 2.05) is 19.9 Å². The van der Waals surface area contributed by atoms with Crippen molar-refractivity contribution in [2.75, 3.05) is 21.3 Å². The number of aromatic hydroxyl groups is 2. The molecule has 8 heteroatoms. The maximum absolute atomic E-state index is 13.7. The number of rotatable bonds is 5. The van der Waals surface area contributed by atoms with Gasteiger partial charge in [0.25, 0.3) is 6.29 Å². The van der Waals surface area contributed by atoms with E-state index in [0.717, 1.165) is 11.6 Å². The lowest BCUT2D eigenvalue weighted by molar-refractivity contribution is -0.0717. The topological polar surface area (TPSA) is 108 Å². The van der Waals surface area contributed by atoms with E-state index in [2.05, 4.69) is 0 Å². The molecule has 168 valence electrons. The van der Waals surface area contributed by atoms with Gasteiger partial charge < -0.3 is 33.6 Å². The molecule has 0 saturated carbocycles. The van der Waals surface area contributed by atoms with Crippen molar-refractivity contribution >= 4 is 11.0 Å². The highest BCUT2D eigenvalue weighted by molar-refractivity contribution is 5.93. The summed E-state index contributed by atoms with van der Waals surface area (Å²) in [4.78, 5) is 13.7. The Hall–Kier alpha value is -3.65. The largest absolute Gasteiger partial charge is 0.507 e. The molecule has 4 rings (SSSR count). The van der Waals surface area contributed by atoms with Crippen molar-refractivity contribution < 1.29 is 33.6 Å². The molecule has 1 aliphatic rings. The monoisotopic (exact) mass is 440 g/mol. The first-order valence-corrected chi connectivity index (χ1v) is 9.94. The lowest BCUT2D eigenvalue weighted by atomic mass is 9.96. The summed E-state index contributed by atoms with van der Waals surface area (Å²) in [7, 11) is 4.41. The van der Waals surface area contributed by atoms with Crippen molar-refractivity contribution in [1.82, 2.24) is 0 Å². The highest BCUT2D eigenvalue weighted by atomic mass is 16.7. The summed E-state index contributed by atoms with van der Waals surface area (Å²) >= 11 is 0. The van der Waals surface area contributed by atoms with Crippen LogP contribution in [0.2, 0.25) is 0 Å². The van der Waals surface area contributed by atoms with Crippen molar-refractivity contribution in [3.05, 3.63) is 51.4 Å². The Kier molecular flexibility index (Phi) is 5.48. The van der Waals surface area contributed by atoms with Gasteiger partial charge in [0.15, 0.2) is 17.3 Å². The molecule has 3 aromatic rings. The second kappa shape index (κ2) is 8.12. The van der Waals surface area contributed by atoms with Gasteiger partial charge in [0.1, 0.15) is 28.2 Å². The molecular weight excluding hydrogens is 416 g/mol. The van der Waals surface area contributed by atoms with Gasteiger partial charge in [-0.05, 0) is 26.3 Å². The van der Waals surface area contributed by atoms with E-state index in [1.165, 1.54) is 21.3 Å². The predicted molar refractivity (Wildman–Crippen MR) is 118 cm³/mol. The zero-order valence-corrected chi connectivity index (χ0v) is 18.4. The van der Waals surface area contributed by atoms with E-state index in [9.17, 15) is 15.0 Å². The van der Waals surface area contributed by atoms with Crippen LogP contribution >= 0.6 is 0 Å². The maximum atomic E-state index is 13.7. The number of phenols is 2. The average Bonchev–Trinajstić information content (AvgIpc) is 2.76. The van der Waals surface area contributed by atoms with Crippen molar-refractivity contribution in [2.45, 2.75) is 26.6 Å². The van der Waals surface area contributed by atoms with Crippen LogP contribution in [0.5, 0.6) is 28.7 Å². The molecule has 0 saturated heterocycles. The van der Waals surface area contributed by atoms with Crippen LogP contribution in [0.15, 0.2) is 39.1 Å². The predicted octanol–water partition coefficient (Wildman–Crippen LogP) is 4.43.